The van der Waals surface area contributed by atoms with Gasteiger partial charge in [-0.2, -0.15) is 0 Å². The first-order valence-corrected chi connectivity index (χ1v) is 5.13. The Bertz CT molecular complexity index is 311. The molecule has 16 heavy (non-hydrogen) atoms. The van der Waals surface area contributed by atoms with Crippen LogP contribution in [0.15, 0.2) is 24.3 Å². The number of hydrogen-bond acceptors (Lipinski definition) is 3. The maximum atomic E-state index is 7.45. The number of benzene rings is 1. The molecule has 4 heteroatoms. The standard InChI is InChI=1S/C12H17NO2.ClH/c1-3-4-9-15-11-7-5-10(6-8-11)12(13)14-2;/h5-8,13H,3-4,9H2,1-2H3;1H. The Labute approximate surface area is 103 Å². The third kappa shape index (κ3) is 4.53. The van der Waals surface area contributed by atoms with Crippen LogP contribution in [0.3, 0.4) is 0 Å². The normalized spacial score (nSPS) is 9.12. The van der Waals surface area contributed by atoms with Gasteiger partial charge < -0.3 is 9.47 Å². The molecule has 0 aliphatic heterocycles. The van der Waals surface area contributed by atoms with Gasteiger partial charge in [0.1, 0.15) is 5.75 Å². The fraction of sp³-hybridized carbons (Fsp3) is 0.417. The molecule has 1 N–H and O–H groups in total. The monoisotopic (exact) mass is 243 g/mol. The van der Waals surface area contributed by atoms with Crippen molar-refractivity contribution in [3.63, 3.8) is 0 Å². The first-order chi connectivity index (χ1) is 7.27. The number of nitrogens with one attached hydrogen (secondary N) is 1. The van der Waals surface area contributed by atoms with Gasteiger partial charge in [-0.25, -0.2) is 0 Å². The summed E-state index contributed by atoms with van der Waals surface area (Å²) in [6.07, 6.45) is 2.20. The van der Waals surface area contributed by atoms with E-state index in [9.17, 15) is 0 Å². The molecule has 0 radical (unpaired) electrons. The van der Waals surface area contributed by atoms with Crippen LogP contribution in [-0.2, 0) is 4.74 Å². The van der Waals surface area contributed by atoms with Crippen molar-refractivity contribution in [1.29, 1.82) is 5.41 Å². The Kier molecular flexibility index (Phi) is 7.38. The number of hydrogen-bond donors (Lipinski definition) is 1. The third-order valence-corrected chi connectivity index (χ3v) is 2.09. The van der Waals surface area contributed by atoms with Crippen LogP contribution in [0, 0.1) is 5.41 Å². The van der Waals surface area contributed by atoms with E-state index in [1.807, 2.05) is 24.3 Å². The van der Waals surface area contributed by atoms with E-state index >= 15 is 0 Å². The van der Waals surface area contributed by atoms with Crippen molar-refractivity contribution in [2.45, 2.75) is 19.8 Å². The second-order valence-electron chi connectivity index (χ2n) is 3.26. The molecule has 0 aliphatic carbocycles. The molecule has 0 saturated heterocycles. The molecule has 3 nitrogen and oxygen atoms in total. The molecule has 0 fully saturated rings. The number of methoxy groups -OCH3 is 1. The van der Waals surface area contributed by atoms with Crippen molar-refractivity contribution in [3.8, 4) is 5.75 Å². The second kappa shape index (κ2) is 7.99. The molecular weight excluding hydrogens is 226 g/mol. The zero-order chi connectivity index (χ0) is 11.1. The van der Waals surface area contributed by atoms with E-state index in [4.69, 9.17) is 14.9 Å². The van der Waals surface area contributed by atoms with Crippen LogP contribution in [0.4, 0.5) is 0 Å². The van der Waals surface area contributed by atoms with E-state index in [2.05, 4.69) is 6.92 Å². The lowest BCUT2D eigenvalue weighted by molar-refractivity contribution is 0.309. The summed E-state index contributed by atoms with van der Waals surface area (Å²) in [5.74, 6) is 1.02. The molecule has 0 heterocycles. The summed E-state index contributed by atoms with van der Waals surface area (Å²) < 4.78 is 10.3. The third-order valence-electron chi connectivity index (χ3n) is 2.09. The molecular formula is C12H18ClNO2. The van der Waals surface area contributed by atoms with Crippen LogP contribution in [0.5, 0.6) is 5.75 Å². The van der Waals surface area contributed by atoms with Gasteiger partial charge in [-0.3, -0.25) is 5.41 Å². The molecule has 0 aromatic heterocycles. The lowest BCUT2D eigenvalue weighted by Gasteiger charge is -2.06. The van der Waals surface area contributed by atoms with Gasteiger partial charge in [0.25, 0.3) is 0 Å². The van der Waals surface area contributed by atoms with Crippen molar-refractivity contribution in [3.05, 3.63) is 29.8 Å². The van der Waals surface area contributed by atoms with Crippen LogP contribution in [-0.4, -0.2) is 19.6 Å². The number of unbranched alkanes of at least 4 members (excludes halogenated alkanes) is 1. The molecule has 90 valence electrons. The van der Waals surface area contributed by atoms with Gasteiger partial charge in [-0.1, -0.05) is 13.3 Å². The molecule has 1 rings (SSSR count). The zero-order valence-corrected chi connectivity index (χ0v) is 10.5. The molecule has 1 aromatic rings. The number of ether oxygens (including phenoxy) is 2. The van der Waals surface area contributed by atoms with Gasteiger partial charge in [0.05, 0.1) is 13.7 Å². The molecule has 0 amide bonds. The highest BCUT2D eigenvalue weighted by atomic mass is 35.5. The summed E-state index contributed by atoms with van der Waals surface area (Å²) in [6, 6.07) is 7.37. The van der Waals surface area contributed by atoms with Crippen molar-refractivity contribution in [2.24, 2.45) is 0 Å². The fourth-order valence-corrected chi connectivity index (χ4v) is 1.15. The van der Waals surface area contributed by atoms with E-state index in [1.165, 1.54) is 7.11 Å². The predicted molar refractivity (Wildman–Crippen MR) is 67.9 cm³/mol. The molecule has 0 atom stereocenters. The molecule has 0 saturated carbocycles. The van der Waals surface area contributed by atoms with Crippen molar-refractivity contribution in [2.75, 3.05) is 13.7 Å². The van der Waals surface area contributed by atoms with Gasteiger partial charge in [-0.05, 0) is 30.7 Å². The highest BCUT2D eigenvalue weighted by Crippen LogP contribution is 2.13. The molecule has 0 unspecified atom stereocenters. The lowest BCUT2D eigenvalue weighted by atomic mass is 10.2. The summed E-state index contributed by atoms with van der Waals surface area (Å²) in [7, 11) is 1.49. The van der Waals surface area contributed by atoms with Gasteiger partial charge in [0.15, 0.2) is 0 Å². The van der Waals surface area contributed by atoms with Crippen LogP contribution in [0.25, 0.3) is 0 Å². The summed E-state index contributed by atoms with van der Waals surface area (Å²) in [5, 5.41) is 7.45. The van der Waals surface area contributed by atoms with E-state index in [0.29, 0.717) is 0 Å². The molecule has 0 bridgehead atoms. The Morgan fingerprint density at radius 2 is 1.88 bits per heavy atom. The van der Waals surface area contributed by atoms with Crippen molar-refractivity contribution in [1.82, 2.24) is 0 Å². The van der Waals surface area contributed by atoms with Crippen molar-refractivity contribution < 1.29 is 9.47 Å². The number of halogens is 1. The number of rotatable bonds is 5. The Hall–Kier alpha value is -1.22. The zero-order valence-electron chi connectivity index (χ0n) is 9.66. The quantitative estimate of drug-likeness (QED) is 0.490. The highest BCUT2D eigenvalue weighted by molar-refractivity contribution is 5.91. The second-order valence-corrected chi connectivity index (χ2v) is 3.26. The maximum absolute atomic E-state index is 7.45. The van der Waals surface area contributed by atoms with Gasteiger partial charge in [-0.15, -0.1) is 12.4 Å². The van der Waals surface area contributed by atoms with Crippen LogP contribution >= 0.6 is 12.4 Å². The minimum absolute atomic E-state index is 0. The van der Waals surface area contributed by atoms with Crippen LogP contribution in [0.1, 0.15) is 25.3 Å². The largest absolute Gasteiger partial charge is 0.494 e. The first kappa shape index (κ1) is 14.8. The first-order valence-electron chi connectivity index (χ1n) is 5.13. The molecule has 0 spiro atoms. The SMILES string of the molecule is CCCCOc1ccc(C(=N)OC)cc1.Cl. The van der Waals surface area contributed by atoms with E-state index < -0.39 is 0 Å². The maximum Gasteiger partial charge on any atom is 0.212 e. The molecule has 1 aromatic carbocycles. The summed E-state index contributed by atoms with van der Waals surface area (Å²) in [6.45, 7) is 2.88. The summed E-state index contributed by atoms with van der Waals surface area (Å²) >= 11 is 0. The van der Waals surface area contributed by atoms with Crippen molar-refractivity contribution >= 4 is 18.3 Å². The average molecular weight is 244 g/mol. The summed E-state index contributed by atoms with van der Waals surface area (Å²) in [5.41, 5.74) is 0.764. The van der Waals surface area contributed by atoms with Crippen LogP contribution < -0.4 is 4.74 Å². The van der Waals surface area contributed by atoms with Gasteiger partial charge in [0.2, 0.25) is 5.90 Å². The Morgan fingerprint density at radius 3 is 2.38 bits per heavy atom. The lowest BCUT2D eigenvalue weighted by Crippen LogP contribution is -2.01. The smallest absolute Gasteiger partial charge is 0.212 e. The highest BCUT2D eigenvalue weighted by Gasteiger charge is 2.00. The Balaban J connectivity index is 0.00000225. The Morgan fingerprint density at radius 1 is 1.25 bits per heavy atom. The van der Waals surface area contributed by atoms with Gasteiger partial charge >= 0.3 is 0 Å². The predicted octanol–water partition coefficient (Wildman–Crippen LogP) is 3.26. The minimum atomic E-state index is 0. The van der Waals surface area contributed by atoms with Gasteiger partial charge in [0, 0.05) is 5.56 Å². The summed E-state index contributed by atoms with van der Waals surface area (Å²) in [4.78, 5) is 0. The fourth-order valence-electron chi connectivity index (χ4n) is 1.15. The topological polar surface area (TPSA) is 42.3 Å². The molecule has 0 aliphatic rings. The minimum Gasteiger partial charge on any atom is -0.494 e. The van der Waals surface area contributed by atoms with Crippen LogP contribution in [0.2, 0.25) is 0 Å². The average Bonchev–Trinajstić information content (AvgIpc) is 2.29. The van der Waals surface area contributed by atoms with E-state index in [1.54, 1.807) is 0 Å². The van der Waals surface area contributed by atoms with E-state index in [-0.39, 0.29) is 18.3 Å². The van der Waals surface area contributed by atoms with E-state index in [0.717, 1.165) is 30.8 Å².